The van der Waals surface area contributed by atoms with Crippen LogP contribution < -0.4 is 0 Å². The molecule has 0 amide bonds. The van der Waals surface area contributed by atoms with E-state index in [1.807, 2.05) is 0 Å². The van der Waals surface area contributed by atoms with Gasteiger partial charge in [0.25, 0.3) is 0 Å². The molecule has 0 radical (unpaired) electrons. The van der Waals surface area contributed by atoms with E-state index in [-0.39, 0.29) is 16.2 Å². The van der Waals surface area contributed by atoms with Gasteiger partial charge >= 0.3 is 0 Å². The van der Waals surface area contributed by atoms with Crippen LogP contribution in [0, 0.1) is 23.7 Å². The van der Waals surface area contributed by atoms with Crippen molar-refractivity contribution in [2.24, 2.45) is 23.7 Å². The molecule has 3 aliphatic rings. The summed E-state index contributed by atoms with van der Waals surface area (Å²) in [5.41, 5.74) is 28.4. The molecule has 0 saturated carbocycles. The molecule has 82 heavy (non-hydrogen) atoms. The van der Waals surface area contributed by atoms with Gasteiger partial charge in [0.2, 0.25) is 0 Å². The topological polar surface area (TPSA) is 13.1 Å². The zero-order valence-electron chi connectivity index (χ0n) is 50.1. The molecule has 0 fully saturated rings. The Morgan fingerprint density at radius 2 is 0.744 bits per heavy atom. The maximum atomic E-state index is 7.83. The Kier molecular flexibility index (Phi) is 12.1. The lowest BCUT2D eigenvalue weighted by atomic mass is 9.62. The van der Waals surface area contributed by atoms with Crippen molar-refractivity contribution in [3.63, 3.8) is 0 Å². The van der Waals surface area contributed by atoms with Gasteiger partial charge in [-0.2, -0.15) is 0 Å². The predicted molar refractivity (Wildman–Crippen MR) is 349 cm³/mol. The molecule has 1 heteroatoms. The molecule has 0 unspecified atom stereocenters. The summed E-state index contributed by atoms with van der Waals surface area (Å²) in [5, 5.41) is 5.27. The quantitative estimate of drug-likeness (QED) is 0.126. The Morgan fingerprint density at radius 1 is 0.317 bits per heavy atom. The summed E-state index contributed by atoms with van der Waals surface area (Å²) >= 11 is 0. The van der Waals surface area contributed by atoms with E-state index in [9.17, 15) is 0 Å². The van der Waals surface area contributed by atoms with Gasteiger partial charge in [-0.1, -0.05) is 247 Å². The van der Waals surface area contributed by atoms with Crippen LogP contribution in [0.25, 0.3) is 111 Å². The van der Waals surface area contributed by atoms with Crippen molar-refractivity contribution in [1.82, 2.24) is 0 Å². The molecule has 1 aromatic heterocycles. The van der Waals surface area contributed by atoms with Crippen LogP contribution in [0.3, 0.4) is 0 Å². The molecule has 14 rings (SSSR count). The number of rotatable bonds is 11. The van der Waals surface area contributed by atoms with Gasteiger partial charge in [-0.15, -0.1) is 0 Å². The van der Waals surface area contributed by atoms with Crippen molar-refractivity contribution in [1.29, 1.82) is 0 Å². The monoisotopic (exact) mass is 1060 g/mol. The van der Waals surface area contributed by atoms with Gasteiger partial charge in [-0.05, 0) is 189 Å². The number of benzene rings is 10. The van der Waals surface area contributed by atoms with Gasteiger partial charge in [0.1, 0.15) is 11.5 Å². The first-order chi connectivity index (χ1) is 39.7. The van der Waals surface area contributed by atoms with Crippen LogP contribution >= 0.6 is 0 Å². The van der Waals surface area contributed by atoms with E-state index in [2.05, 4.69) is 277 Å². The number of aryl methyl sites for hydroxylation is 2. The Bertz CT molecular complexity index is 4360. The van der Waals surface area contributed by atoms with Crippen molar-refractivity contribution in [3.8, 4) is 89.4 Å². The molecule has 1 nitrogen and oxygen atoms in total. The van der Waals surface area contributed by atoms with Crippen LogP contribution in [0.4, 0.5) is 0 Å². The standard InChI is InChI=1S/C81H76O/c1-13-51-33-34-53-25-21-23-31-59(53)73(51)63-44-71-64(41-52(63)14-2)61-38-35-57(42-69(61)80(71,47(3)4)48(5)6)77-74(55-27-17-15-18-28-55)75(56-29-19-16-20-30-56)78(82-77)58-36-39-62-65-45-68-66(46-72(65)81(49(7)8,50(9)10)70(62)43-58)76-60-32-24-22-26-54(60)37-40-67(76)79(68,11)12/h15-50H,13-14H2,1-12H3. The largest absolute Gasteiger partial charge is 0.455 e. The summed E-state index contributed by atoms with van der Waals surface area (Å²) in [4.78, 5) is 0. The second-order valence-corrected chi connectivity index (χ2v) is 26.0. The molecule has 0 aliphatic heterocycles. The molecule has 0 spiro atoms. The minimum Gasteiger partial charge on any atom is -0.455 e. The molecule has 0 atom stereocenters. The predicted octanol–water partition coefficient (Wildman–Crippen LogP) is 22.5. The highest BCUT2D eigenvalue weighted by molar-refractivity contribution is 6.05. The first-order valence-corrected chi connectivity index (χ1v) is 30.6. The lowest BCUT2D eigenvalue weighted by Gasteiger charge is -2.41. The Labute approximate surface area is 487 Å². The minimum atomic E-state index is -0.264. The second kappa shape index (κ2) is 19.0. The zero-order chi connectivity index (χ0) is 56.7. The number of hydrogen-bond acceptors (Lipinski definition) is 1. The van der Waals surface area contributed by atoms with Gasteiger partial charge in [0.15, 0.2) is 0 Å². The molecule has 406 valence electrons. The van der Waals surface area contributed by atoms with Crippen molar-refractivity contribution in [2.75, 3.05) is 0 Å². The second-order valence-electron chi connectivity index (χ2n) is 26.0. The Morgan fingerprint density at radius 3 is 1.24 bits per heavy atom. The van der Waals surface area contributed by atoms with E-state index in [1.54, 1.807) is 0 Å². The first-order valence-electron chi connectivity index (χ1n) is 30.6. The van der Waals surface area contributed by atoms with Gasteiger partial charge in [0, 0.05) is 38.5 Å². The number of hydrogen-bond donors (Lipinski definition) is 0. The van der Waals surface area contributed by atoms with E-state index in [1.165, 1.54) is 111 Å². The van der Waals surface area contributed by atoms with Crippen molar-refractivity contribution < 1.29 is 4.42 Å². The smallest absolute Gasteiger partial charge is 0.143 e. The van der Waals surface area contributed by atoms with E-state index < -0.39 is 0 Å². The molecule has 10 aromatic carbocycles. The maximum absolute atomic E-state index is 7.83. The van der Waals surface area contributed by atoms with E-state index >= 15 is 0 Å². The summed E-state index contributed by atoms with van der Waals surface area (Å²) in [6, 6.07) is 74.6. The minimum absolute atomic E-state index is 0.143. The number of furan rings is 1. The molecule has 0 N–H and O–H groups in total. The van der Waals surface area contributed by atoms with Crippen molar-refractivity contribution >= 4 is 21.5 Å². The summed E-state index contributed by atoms with van der Waals surface area (Å²) in [5.74, 6) is 3.05. The van der Waals surface area contributed by atoms with Crippen LogP contribution in [0.1, 0.15) is 128 Å². The van der Waals surface area contributed by atoms with Crippen LogP contribution in [-0.2, 0) is 29.1 Å². The zero-order valence-corrected chi connectivity index (χ0v) is 50.1. The lowest BCUT2D eigenvalue weighted by Crippen LogP contribution is -2.37. The Balaban J connectivity index is 0.994. The van der Waals surface area contributed by atoms with Gasteiger partial charge in [-0.25, -0.2) is 0 Å². The van der Waals surface area contributed by atoms with Crippen LogP contribution in [0.5, 0.6) is 0 Å². The lowest BCUT2D eigenvalue weighted by molar-refractivity contribution is 0.280. The van der Waals surface area contributed by atoms with Crippen LogP contribution in [0.2, 0.25) is 0 Å². The van der Waals surface area contributed by atoms with Crippen molar-refractivity contribution in [2.45, 2.75) is 112 Å². The fourth-order valence-electron chi connectivity index (χ4n) is 17.0. The molecule has 11 aromatic rings. The first kappa shape index (κ1) is 52.1. The summed E-state index contributed by atoms with van der Waals surface area (Å²) < 4.78 is 7.83. The van der Waals surface area contributed by atoms with Crippen LogP contribution in [-0.4, -0.2) is 0 Å². The normalized spacial score (nSPS) is 14.9. The molecule has 0 bridgehead atoms. The molecular weight excluding hydrogens is 989 g/mol. The third-order valence-corrected chi connectivity index (χ3v) is 20.6. The maximum Gasteiger partial charge on any atom is 0.143 e. The number of fused-ring (bicyclic) bond motifs is 12. The highest BCUT2D eigenvalue weighted by Crippen LogP contribution is 2.63. The fraction of sp³-hybridized carbons (Fsp3) is 0.259. The van der Waals surface area contributed by atoms with E-state index in [0.717, 1.165) is 57.7 Å². The molecule has 1 heterocycles. The highest BCUT2D eigenvalue weighted by atomic mass is 16.3. The van der Waals surface area contributed by atoms with E-state index in [0.29, 0.717) is 23.7 Å². The molecule has 3 aliphatic carbocycles. The Hall–Kier alpha value is -8.00. The third-order valence-electron chi connectivity index (χ3n) is 20.6. The molecular formula is C81H76O. The van der Waals surface area contributed by atoms with E-state index in [4.69, 9.17) is 4.42 Å². The average Bonchev–Trinajstić information content (AvgIpc) is 3.16. The van der Waals surface area contributed by atoms with Gasteiger partial charge < -0.3 is 4.42 Å². The summed E-state index contributed by atoms with van der Waals surface area (Å²) in [7, 11) is 0. The highest BCUT2D eigenvalue weighted by Gasteiger charge is 2.51. The molecule has 0 saturated heterocycles. The fourth-order valence-corrected chi connectivity index (χ4v) is 17.0. The van der Waals surface area contributed by atoms with Gasteiger partial charge in [-0.3, -0.25) is 0 Å². The van der Waals surface area contributed by atoms with Gasteiger partial charge in [0.05, 0.1) is 0 Å². The SMILES string of the molecule is CCc1cc2c(cc1-c1c(CC)ccc3ccccc13)C(C(C)C)(C(C)C)c1cc(-c3oc(-c4ccc5c(c4)C(C(C)C)(C(C)C)c4cc6c(cc4-5)C(C)(C)c4ccc5ccccc5c4-6)c(-c4ccccc4)c3-c3ccccc3)ccc1-2. The summed E-state index contributed by atoms with van der Waals surface area (Å²) in [6.45, 7) is 29.1. The summed E-state index contributed by atoms with van der Waals surface area (Å²) in [6.07, 6.45) is 1.93. The third kappa shape index (κ3) is 7.11. The average molecular weight is 1070 g/mol. The van der Waals surface area contributed by atoms with Crippen molar-refractivity contribution in [3.05, 3.63) is 239 Å². The van der Waals surface area contributed by atoms with Crippen LogP contribution in [0.15, 0.2) is 199 Å².